The van der Waals surface area contributed by atoms with E-state index in [0.29, 0.717) is 17.7 Å². The van der Waals surface area contributed by atoms with E-state index >= 15 is 0 Å². The number of halogens is 3. The summed E-state index contributed by atoms with van der Waals surface area (Å²) in [5.74, 6) is -0.404. The molecule has 0 amide bonds. The molecule has 0 unspecified atom stereocenters. The molecule has 2 aliphatic heterocycles. The second kappa shape index (κ2) is 5.15. The third-order valence-corrected chi connectivity index (χ3v) is 4.07. The zero-order valence-electron chi connectivity index (χ0n) is 12.1. The number of alkyl halides is 3. The van der Waals surface area contributed by atoms with Crippen molar-refractivity contribution >= 4 is 11.7 Å². The first kappa shape index (κ1) is 15.1. The Morgan fingerprint density at radius 1 is 1.41 bits per heavy atom. The molecule has 1 N–H and O–H groups in total. The van der Waals surface area contributed by atoms with Crippen LogP contribution in [-0.2, 0) is 20.4 Å². The number of rotatable bonds is 1. The van der Waals surface area contributed by atoms with Crippen LogP contribution in [0.25, 0.3) is 0 Å². The molecule has 2 bridgehead atoms. The standard InChI is InChI=1S/C15H16F3NO3/c1-7-14(22-8(2)20)12-6-13(21-7)10-5-9(15(16,17)18)3-4-11(10)19-12/h3-5,7,12-14,19H,6H2,1-2H3/t7-,12+,13+,14-/m0/s1. The zero-order chi connectivity index (χ0) is 16.1. The van der Waals surface area contributed by atoms with Gasteiger partial charge in [-0.2, -0.15) is 13.2 Å². The predicted molar refractivity (Wildman–Crippen MR) is 72.3 cm³/mol. The summed E-state index contributed by atoms with van der Waals surface area (Å²) in [5, 5.41) is 3.17. The third kappa shape index (κ3) is 2.65. The Morgan fingerprint density at radius 2 is 2.14 bits per heavy atom. The number of fused-ring (bicyclic) bond motifs is 4. The summed E-state index contributed by atoms with van der Waals surface area (Å²) in [6.45, 7) is 3.08. The molecule has 22 heavy (non-hydrogen) atoms. The van der Waals surface area contributed by atoms with Crippen LogP contribution in [0, 0.1) is 0 Å². The van der Waals surface area contributed by atoms with Crippen LogP contribution in [-0.4, -0.2) is 24.2 Å². The van der Waals surface area contributed by atoms with Gasteiger partial charge in [0.05, 0.1) is 23.8 Å². The average molecular weight is 315 g/mol. The first-order chi connectivity index (χ1) is 10.3. The third-order valence-electron chi connectivity index (χ3n) is 4.07. The Balaban J connectivity index is 1.92. The van der Waals surface area contributed by atoms with Crippen LogP contribution < -0.4 is 5.32 Å². The fraction of sp³-hybridized carbons (Fsp3) is 0.533. The molecule has 0 radical (unpaired) electrons. The van der Waals surface area contributed by atoms with E-state index in [2.05, 4.69) is 5.32 Å². The van der Waals surface area contributed by atoms with Crippen molar-refractivity contribution in [1.82, 2.24) is 0 Å². The lowest BCUT2D eigenvalue weighted by molar-refractivity contribution is -0.171. The highest BCUT2D eigenvalue weighted by atomic mass is 19.4. The van der Waals surface area contributed by atoms with E-state index in [1.807, 2.05) is 0 Å². The molecule has 3 rings (SSSR count). The molecular weight excluding hydrogens is 299 g/mol. The van der Waals surface area contributed by atoms with E-state index in [0.717, 1.165) is 12.1 Å². The molecule has 1 aromatic rings. The molecule has 0 aromatic heterocycles. The van der Waals surface area contributed by atoms with Gasteiger partial charge in [0.25, 0.3) is 0 Å². The molecule has 4 atom stereocenters. The lowest BCUT2D eigenvalue weighted by atomic mass is 9.86. The van der Waals surface area contributed by atoms with Gasteiger partial charge in [-0.3, -0.25) is 4.79 Å². The molecule has 1 fully saturated rings. The van der Waals surface area contributed by atoms with Crippen LogP contribution in [0.4, 0.5) is 18.9 Å². The van der Waals surface area contributed by atoms with Crippen LogP contribution in [0.3, 0.4) is 0 Å². The molecule has 0 aliphatic carbocycles. The Labute approximate surface area is 125 Å². The van der Waals surface area contributed by atoms with Crippen molar-refractivity contribution in [3.8, 4) is 0 Å². The van der Waals surface area contributed by atoms with Crippen LogP contribution in [0.2, 0.25) is 0 Å². The summed E-state index contributed by atoms with van der Waals surface area (Å²) < 4.78 is 49.6. The first-order valence-corrected chi connectivity index (χ1v) is 7.06. The SMILES string of the molecule is CC(=O)O[C@H]1[C@H](C)O[C@@H]2C[C@H]1Nc1ccc(C(F)(F)F)cc12. The smallest absolute Gasteiger partial charge is 0.416 e. The molecule has 1 aromatic carbocycles. The van der Waals surface area contributed by atoms with Crippen molar-refractivity contribution in [3.63, 3.8) is 0 Å². The van der Waals surface area contributed by atoms with E-state index in [9.17, 15) is 18.0 Å². The van der Waals surface area contributed by atoms with E-state index in [-0.39, 0.29) is 12.1 Å². The van der Waals surface area contributed by atoms with Gasteiger partial charge >= 0.3 is 12.1 Å². The van der Waals surface area contributed by atoms with E-state index in [4.69, 9.17) is 9.47 Å². The van der Waals surface area contributed by atoms with Crippen molar-refractivity contribution in [3.05, 3.63) is 29.3 Å². The van der Waals surface area contributed by atoms with Crippen LogP contribution >= 0.6 is 0 Å². The summed E-state index contributed by atoms with van der Waals surface area (Å²) in [4.78, 5) is 11.2. The summed E-state index contributed by atoms with van der Waals surface area (Å²) >= 11 is 0. The second-order valence-electron chi connectivity index (χ2n) is 5.69. The van der Waals surface area contributed by atoms with Crippen LogP contribution in [0.5, 0.6) is 0 Å². The number of benzene rings is 1. The summed E-state index contributed by atoms with van der Waals surface area (Å²) in [6, 6.07) is 3.41. The number of carbonyl (C=O) groups excluding carboxylic acids is 1. The molecule has 120 valence electrons. The number of anilines is 1. The highest BCUT2D eigenvalue weighted by molar-refractivity contribution is 5.66. The lowest BCUT2D eigenvalue weighted by Gasteiger charge is -2.45. The Bertz CT molecular complexity index is 602. The molecule has 7 heteroatoms. The molecular formula is C15H16F3NO3. The second-order valence-corrected chi connectivity index (χ2v) is 5.69. The molecule has 1 saturated heterocycles. The first-order valence-electron chi connectivity index (χ1n) is 7.06. The minimum absolute atomic E-state index is 0.165. The normalized spacial score (nSPS) is 30.2. The number of esters is 1. The molecule has 0 saturated carbocycles. The zero-order valence-corrected chi connectivity index (χ0v) is 12.1. The molecule has 2 heterocycles. The number of carbonyl (C=O) groups is 1. The van der Waals surface area contributed by atoms with Gasteiger partial charge in [-0.1, -0.05) is 0 Å². The summed E-state index contributed by atoms with van der Waals surface area (Å²) in [7, 11) is 0. The van der Waals surface area contributed by atoms with Gasteiger partial charge in [0, 0.05) is 24.6 Å². The van der Waals surface area contributed by atoms with Gasteiger partial charge in [-0.15, -0.1) is 0 Å². The van der Waals surface area contributed by atoms with Crippen molar-refractivity contribution in [2.75, 3.05) is 5.32 Å². The fourth-order valence-corrected chi connectivity index (χ4v) is 3.13. The highest BCUT2D eigenvalue weighted by Gasteiger charge is 2.43. The largest absolute Gasteiger partial charge is 0.458 e. The summed E-state index contributed by atoms with van der Waals surface area (Å²) in [6.07, 6.45) is -5.18. The maximum absolute atomic E-state index is 12.8. The molecule has 4 nitrogen and oxygen atoms in total. The fourth-order valence-electron chi connectivity index (χ4n) is 3.13. The molecule has 0 spiro atoms. The van der Waals surface area contributed by atoms with Gasteiger partial charge in [0.2, 0.25) is 0 Å². The monoisotopic (exact) mass is 315 g/mol. The van der Waals surface area contributed by atoms with E-state index < -0.39 is 29.9 Å². The topological polar surface area (TPSA) is 47.6 Å². The van der Waals surface area contributed by atoms with Crippen LogP contribution in [0.15, 0.2) is 18.2 Å². The number of hydrogen-bond acceptors (Lipinski definition) is 4. The minimum Gasteiger partial charge on any atom is -0.458 e. The predicted octanol–water partition coefficient (Wildman–Crippen LogP) is 3.28. The minimum atomic E-state index is -4.38. The van der Waals surface area contributed by atoms with Gasteiger partial charge < -0.3 is 14.8 Å². The quantitative estimate of drug-likeness (QED) is 0.808. The van der Waals surface area contributed by atoms with E-state index in [1.54, 1.807) is 6.92 Å². The van der Waals surface area contributed by atoms with Crippen molar-refractivity contribution in [2.24, 2.45) is 0 Å². The highest BCUT2D eigenvalue weighted by Crippen LogP contribution is 2.44. The van der Waals surface area contributed by atoms with Crippen molar-refractivity contribution in [2.45, 2.75) is 50.8 Å². The van der Waals surface area contributed by atoms with Gasteiger partial charge in [-0.05, 0) is 25.1 Å². The number of hydrogen-bond donors (Lipinski definition) is 1. The van der Waals surface area contributed by atoms with E-state index in [1.165, 1.54) is 13.0 Å². The van der Waals surface area contributed by atoms with Crippen molar-refractivity contribution < 1.29 is 27.4 Å². The maximum Gasteiger partial charge on any atom is 0.416 e. The van der Waals surface area contributed by atoms with Gasteiger partial charge in [0.15, 0.2) is 0 Å². The Morgan fingerprint density at radius 3 is 2.77 bits per heavy atom. The lowest BCUT2D eigenvalue weighted by Crippen LogP contribution is -2.52. The Kier molecular flexibility index (Phi) is 3.55. The number of nitrogens with one attached hydrogen (secondary N) is 1. The average Bonchev–Trinajstić information content (AvgIpc) is 2.41. The maximum atomic E-state index is 12.8. The summed E-state index contributed by atoms with van der Waals surface area (Å²) in [5.41, 5.74) is 0.405. The van der Waals surface area contributed by atoms with Gasteiger partial charge in [-0.25, -0.2) is 0 Å². The number of ether oxygens (including phenoxy) is 2. The van der Waals surface area contributed by atoms with Crippen molar-refractivity contribution in [1.29, 1.82) is 0 Å². The molecule has 2 aliphatic rings. The van der Waals surface area contributed by atoms with Gasteiger partial charge in [0.1, 0.15) is 6.10 Å². The van der Waals surface area contributed by atoms with Crippen LogP contribution in [0.1, 0.15) is 37.5 Å². The Hall–Kier alpha value is -1.76.